The molecule has 0 aliphatic rings. The number of para-hydroxylation sites is 1. The summed E-state index contributed by atoms with van der Waals surface area (Å²) in [7, 11) is 3.44. The van der Waals surface area contributed by atoms with Crippen LogP contribution in [0.4, 0.5) is 0 Å². The predicted molar refractivity (Wildman–Crippen MR) is 173 cm³/mol. The summed E-state index contributed by atoms with van der Waals surface area (Å²) in [6.07, 6.45) is 4.24. The molecule has 0 N–H and O–H groups in total. The lowest BCUT2D eigenvalue weighted by Crippen LogP contribution is -2.45. The Hall–Kier alpha value is -4.59. The molecule has 0 unspecified atom stereocenters. The van der Waals surface area contributed by atoms with Crippen LogP contribution < -0.4 is 23.0 Å². The number of nitrogens with zero attached hydrogens (tertiary/aromatic N) is 3. The van der Waals surface area contributed by atoms with E-state index < -0.39 is 0 Å². The van der Waals surface area contributed by atoms with Gasteiger partial charge in [0, 0.05) is 23.8 Å². The number of fused-ring (bicyclic) bond motifs is 3. The van der Waals surface area contributed by atoms with Crippen molar-refractivity contribution in [3.05, 3.63) is 132 Å². The molecule has 7 aromatic rings. The van der Waals surface area contributed by atoms with E-state index in [0.29, 0.717) is 13.1 Å². The number of methoxy groups -OCH3 is 2. The minimum Gasteiger partial charge on any atom is -0.496 e. The number of aryl methyl sites for hydroxylation is 1. The molecule has 5 nitrogen and oxygen atoms in total. The highest BCUT2D eigenvalue weighted by Gasteiger charge is 2.30. The zero-order valence-corrected chi connectivity index (χ0v) is 26.0. The van der Waals surface area contributed by atoms with Crippen molar-refractivity contribution in [3.63, 3.8) is 0 Å². The quantitative estimate of drug-likeness (QED) is 0.175. The SMILES string of the molecule is COc1cc[n+](Cc2ccccc2-c2ccccc2C)c(-c2cc(OC)cc[n+]2Cc2csc3sc4ccccc4[n+]23)c1. The van der Waals surface area contributed by atoms with Gasteiger partial charge < -0.3 is 9.47 Å². The Morgan fingerprint density at radius 2 is 1.30 bits per heavy atom. The summed E-state index contributed by atoms with van der Waals surface area (Å²) in [6.45, 7) is 3.59. The van der Waals surface area contributed by atoms with E-state index in [1.165, 1.54) is 42.3 Å². The van der Waals surface area contributed by atoms with Crippen LogP contribution in [0.15, 0.2) is 115 Å². The standard InChI is InChI=1S/C36H32N3O2S2/c1-25-10-4-6-12-30(25)31-13-7-5-11-26(31)22-37-18-16-28(40-2)20-33(37)34-21-29(41-3)17-19-38(34)23-27-24-42-36-39(27)32-14-8-9-15-35(32)43-36/h4-21,24H,22-23H2,1-3H3/q+3. The number of benzene rings is 3. The molecule has 3 aromatic carbocycles. The van der Waals surface area contributed by atoms with Crippen LogP contribution in [0.5, 0.6) is 11.5 Å². The molecule has 0 saturated carbocycles. The van der Waals surface area contributed by atoms with Crippen LogP contribution in [0.3, 0.4) is 0 Å². The average Bonchev–Trinajstić information content (AvgIpc) is 3.62. The van der Waals surface area contributed by atoms with Gasteiger partial charge in [-0.05, 0) is 29.7 Å². The fraction of sp³-hybridized carbons (Fsp3) is 0.139. The number of ether oxygens (including phenoxy) is 2. The molecule has 0 fully saturated rings. The third-order valence-electron chi connectivity index (χ3n) is 7.94. The molecule has 0 saturated heterocycles. The minimum absolute atomic E-state index is 0.702. The lowest BCUT2D eigenvalue weighted by molar-refractivity contribution is -0.714. The molecule has 0 aliphatic carbocycles. The normalized spacial score (nSPS) is 11.3. The number of aromatic nitrogens is 3. The molecule has 0 atom stereocenters. The molecule has 0 bridgehead atoms. The summed E-state index contributed by atoms with van der Waals surface area (Å²) < 4.78 is 21.1. The van der Waals surface area contributed by atoms with Gasteiger partial charge in [-0.15, -0.1) is 4.40 Å². The number of thiazole rings is 2. The average molecular weight is 603 g/mol. The zero-order chi connectivity index (χ0) is 29.3. The summed E-state index contributed by atoms with van der Waals surface area (Å²) in [6, 6.07) is 34.2. The van der Waals surface area contributed by atoms with E-state index in [1.54, 1.807) is 25.6 Å². The second kappa shape index (κ2) is 11.6. The van der Waals surface area contributed by atoms with E-state index in [4.69, 9.17) is 9.47 Å². The Bertz CT molecular complexity index is 2100. The number of hydrogen-bond acceptors (Lipinski definition) is 4. The van der Waals surface area contributed by atoms with Gasteiger partial charge in [0.05, 0.1) is 31.7 Å². The fourth-order valence-corrected chi connectivity index (χ4v) is 7.99. The highest BCUT2D eigenvalue weighted by atomic mass is 32.2. The van der Waals surface area contributed by atoms with E-state index in [9.17, 15) is 0 Å². The van der Waals surface area contributed by atoms with Crippen molar-refractivity contribution in [2.75, 3.05) is 14.2 Å². The van der Waals surface area contributed by atoms with Gasteiger partial charge >= 0.3 is 4.14 Å². The maximum absolute atomic E-state index is 5.73. The first kappa shape index (κ1) is 27.3. The second-order valence-electron chi connectivity index (χ2n) is 10.5. The first-order valence-corrected chi connectivity index (χ1v) is 15.9. The molecule has 0 radical (unpaired) electrons. The molecule has 43 heavy (non-hydrogen) atoms. The molecular weight excluding hydrogens is 571 g/mol. The Labute approximate surface area is 259 Å². The minimum atomic E-state index is 0.702. The third-order valence-corrected chi connectivity index (χ3v) is 10.2. The molecule has 4 aromatic heterocycles. The summed E-state index contributed by atoms with van der Waals surface area (Å²) in [5.74, 6) is 1.62. The van der Waals surface area contributed by atoms with Crippen LogP contribution in [-0.4, -0.2) is 14.2 Å². The summed E-state index contributed by atoms with van der Waals surface area (Å²) in [5.41, 5.74) is 9.60. The molecule has 212 valence electrons. The van der Waals surface area contributed by atoms with E-state index in [-0.39, 0.29) is 0 Å². The van der Waals surface area contributed by atoms with Gasteiger partial charge in [0.2, 0.25) is 12.1 Å². The topological polar surface area (TPSA) is 30.3 Å². The Morgan fingerprint density at radius 1 is 0.674 bits per heavy atom. The Balaban J connectivity index is 1.36. The molecule has 4 heterocycles. The molecule has 7 rings (SSSR count). The van der Waals surface area contributed by atoms with Crippen LogP contribution >= 0.6 is 22.7 Å². The van der Waals surface area contributed by atoms with Gasteiger partial charge in [0.25, 0.3) is 17.1 Å². The Morgan fingerprint density at radius 3 is 2.02 bits per heavy atom. The summed E-state index contributed by atoms with van der Waals surface area (Å²) >= 11 is 3.64. The van der Waals surface area contributed by atoms with Gasteiger partial charge in [-0.1, -0.05) is 83.3 Å². The van der Waals surface area contributed by atoms with Gasteiger partial charge in [-0.2, -0.15) is 9.13 Å². The lowest BCUT2D eigenvalue weighted by atomic mass is 9.96. The highest BCUT2D eigenvalue weighted by molar-refractivity contribution is 7.37. The Kier molecular flexibility index (Phi) is 7.35. The van der Waals surface area contributed by atoms with Gasteiger partial charge in [-0.25, -0.2) is 0 Å². The summed E-state index contributed by atoms with van der Waals surface area (Å²) in [4.78, 5) is 0. The van der Waals surface area contributed by atoms with Crippen molar-refractivity contribution in [1.29, 1.82) is 0 Å². The van der Waals surface area contributed by atoms with Crippen molar-refractivity contribution in [3.8, 4) is 34.0 Å². The number of pyridine rings is 2. The maximum Gasteiger partial charge on any atom is 0.326 e. The van der Waals surface area contributed by atoms with Crippen molar-refractivity contribution >= 4 is 37.0 Å². The van der Waals surface area contributed by atoms with Gasteiger partial charge in [-0.3, -0.25) is 0 Å². The summed E-state index contributed by atoms with van der Waals surface area (Å²) in [5, 5.41) is 2.28. The molecular formula is C36H32N3O2S2+3. The van der Waals surface area contributed by atoms with Crippen LogP contribution in [0.25, 0.3) is 36.9 Å². The van der Waals surface area contributed by atoms with Crippen LogP contribution in [-0.2, 0) is 13.1 Å². The molecule has 7 heteroatoms. The van der Waals surface area contributed by atoms with Crippen LogP contribution in [0.2, 0.25) is 0 Å². The van der Waals surface area contributed by atoms with Crippen molar-refractivity contribution < 1.29 is 23.0 Å². The van der Waals surface area contributed by atoms with E-state index in [2.05, 4.69) is 123 Å². The second-order valence-corrected chi connectivity index (χ2v) is 12.7. The monoisotopic (exact) mass is 602 g/mol. The van der Waals surface area contributed by atoms with E-state index in [0.717, 1.165) is 22.9 Å². The highest BCUT2D eigenvalue weighted by Crippen LogP contribution is 2.29. The maximum atomic E-state index is 5.73. The van der Waals surface area contributed by atoms with E-state index in [1.807, 2.05) is 23.5 Å². The smallest absolute Gasteiger partial charge is 0.326 e. The predicted octanol–water partition coefficient (Wildman–Crippen LogP) is 7.03. The first-order valence-electron chi connectivity index (χ1n) is 14.2. The van der Waals surface area contributed by atoms with Gasteiger partial charge in [0.1, 0.15) is 16.2 Å². The number of rotatable bonds is 8. The van der Waals surface area contributed by atoms with Crippen molar-refractivity contribution in [2.24, 2.45) is 0 Å². The van der Waals surface area contributed by atoms with Gasteiger partial charge in [0.15, 0.2) is 18.9 Å². The van der Waals surface area contributed by atoms with E-state index >= 15 is 0 Å². The molecule has 0 spiro atoms. The van der Waals surface area contributed by atoms with Crippen molar-refractivity contribution in [2.45, 2.75) is 20.0 Å². The molecule has 0 amide bonds. The molecule has 0 aliphatic heterocycles. The largest absolute Gasteiger partial charge is 0.496 e. The zero-order valence-electron chi connectivity index (χ0n) is 24.4. The van der Waals surface area contributed by atoms with Crippen LogP contribution in [0.1, 0.15) is 16.8 Å². The third kappa shape index (κ3) is 5.15. The lowest BCUT2D eigenvalue weighted by Gasteiger charge is -2.12. The van der Waals surface area contributed by atoms with Crippen molar-refractivity contribution in [1.82, 2.24) is 0 Å². The number of hydrogen-bond donors (Lipinski definition) is 0. The van der Waals surface area contributed by atoms with Crippen LogP contribution in [0, 0.1) is 6.92 Å². The fourth-order valence-electron chi connectivity index (χ4n) is 5.74. The first-order chi connectivity index (χ1) is 21.1.